The van der Waals surface area contributed by atoms with Gasteiger partial charge in [-0.05, 0) is 38.1 Å². The molecule has 1 saturated heterocycles. The number of likely N-dealkylation sites (N-methyl/N-ethyl adjacent to an activating group) is 1. The molecule has 2 aliphatic heterocycles. The van der Waals surface area contributed by atoms with Gasteiger partial charge in [0.1, 0.15) is 17.5 Å². The van der Waals surface area contributed by atoms with Crippen molar-refractivity contribution in [3.8, 4) is 0 Å². The van der Waals surface area contributed by atoms with Crippen LogP contribution >= 0.6 is 0 Å². The van der Waals surface area contributed by atoms with Gasteiger partial charge in [-0.1, -0.05) is 6.08 Å². The summed E-state index contributed by atoms with van der Waals surface area (Å²) in [6, 6.07) is 3.90. The van der Waals surface area contributed by atoms with Gasteiger partial charge in [-0.3, -0.25) is 9.69 Å². The minimum absolute atomic E-state index is 0.0469. The van der Waals surface area contributed by atoms with Crippen LogP contribution in [0.5, 0.6) is 0 Å². The number of anilines is 4. The highest BCUT2D eigenvalue weighted by Gasteiger charge is 2.36. The molecule has 200 valence electrons. The Morgan fingerprint density at radius 2 is 2.00 bits per heavy atom. The molecule has 0 saturated carbocycles. The number of fused-ring (bicyclic) bond motifs is 2. The Morgan fingerprint density at radius 1 is 1.30 bits per heavy atom. The molecule has 0 bridgehead atoms. The number of carbonyl (C=O) groups excluding carboxylic acids is 1. The van der Waals surface area contributed by atoms with E-state index in [2.05, 4.69) is 16.9 Å². The molecule has 1 atom stereocenters. The summed E-state index contributed by atoms with van der Waals surface area (Å²) < 4.78 is 67.5. The predicted molar refractivity (Wildman–Crippen MR) is 130 cm³/mol. The smallest absolute Gasteiger partial charge is 0.387 e. The minimum atomic E-state index is -4.32. The molecule has 4 rings (SSSR count). The van der Waals surface area contributed by atoms with Crippen LogP contribution in [0.15, 0.2) is 37.1 Å². The van der Waals surface area contributed by atoms with Crippen LogP contribution in [0.25, 0.3) is 0 Å². The third-order valence-corrected chi connectivity index (χ3v) is 6.62. The summed E-state index contributed by atoms with van der Waals surface area (Å²) in [5.41, 5.74) is 1.04. The second-order valence-corrected chi connectivity index (χ2v) is 9.38. The summed E-state index contributed by atoms with van der Waals surface area (Å²) in [7, 11) is 1.58. The van der Waals surface area contributed by atoms with E-state index >= 15 is 4.39 Å². The van der Waals surface area contributed by atoms with Crippen LogP contribution < -0.4 is 15.1 Å². The van der Waals surface area contributed by atoms with Gasteiger partial charge in [-0.25, -0.2) is 13.8 Å². The second-order valence-electron chi connectivity index (χ2n) is 9.38. The van der Waals surface area contributed by atoms with E-state index in [1.54, 1.807) is 7.05 Å². The number of carbonyl (C=O) groups is 1. The van der Waals surface area contributed by atoms with Crippen LogP contribution in [-0.2, 0) is 11.3 Å². The number of pyridine rings is 1. The van der Waals surface area contributed by atoms with E-state index in [-0.39, 0.29) is 62.1 Å². The van der Waals surface area contributed by atoms with Crippen molar-refractivity contribution in [3.63, 3.8) is 0 Å². The normalized spacial score (nSPS) is 17.3. The van der Waals surface area contributed by atoms with E-state index in [9.17, 15) is 27.5 Å². The van der Waals surface area contributed by atoms with Gasteiger partial charge in [0.2, 0.25) is 5.91 Å². The van der Waals surface area contributed by atoms with Gasteiger partial charge < -0.3 is 20.2 Å². The molecule has 3 heterocycles. The Labute approximate surface area is 211 Å². The van der Waals surface area contributed by atoms with Crippen molar-refractivity contribution in [2.75, 3.05) is 48.3 Å². The lowest BCUT2D eigenvalue weighted by Gasteiger charge is -2.35. The maximum Gasteiger partial charge on any atom is 0.401 e. The van der Waals surface area contributed by atoms with Gasteiger partial charge >= 0.3 is 6.18 Å². The average molecular weight is 526 g/mol. The third-order valence-electron chi connectivity index (χ3n) is 6.62. The zero-order valence-electron chi connectivity index (χ0n) is 20.2. The number of likely N-dealkylation sites (tertiary alicyclic amines) is 1. The highest BCUT2D eigenvalue weighted by atomic mass is 19.4. The summed E-state index contributed by atoms with van der Waals surface area (Å²) in [5, 5.41) is 12.9. The lowest BCUT2D eigenvalue weighted by molar-refractivity contribution is -0.149. The van der Waals surface area contributed by atoms with Gasteiger partial charge in [0.15, 0.2) is 0 Å². The standard InChI is InChI=1S/C25H28F5N5O2/c1-3-18(36)13-33(2)21-10-22-20(9-19(21)27)32-23-16(8-17(26)11-31-23)12-35(22)24(37)15-4-6-34(7-5-15)14-25(28,29)30/h3,8-11,15,18,36H,1,4-7,12-14H2,2H3,(H,31,32). The van der Waals surface area contributed by atoms with Gasteiger partial charge in [0, 0.05) is 31.1 Å². The topological polar surface area (TPSA) is 71.9 Å². The lowest BCUT2D eigenvalue weighted by atomic mass is 9.94. The number of benzene rings is 1. The number of piperidine rings is 1. The number of nitrogens with zero attached hydrogens (tertiary/aromatic N) is 4. The maximum atomic E-state index is 15.1. The molecule has 0 aliphatic carbocycles. The molecular formula is C25H28F5N5O2. The quantitative estimate of drug-likeness (QED) is 0.435. The van der Waals surface area contributed by atoms with Crippen LogP contribution in [0, 0.1) is 17.6 Å². The van der Waals surface area contributed by atoms with E-state index < -0.39 is 36.4 Å². The van der Waals surface area contributed by atoms with Crippen LogP contribution in [0.1, 0.15) is 18.4 Å². The molecule has 1 aromatic carbocycles. The molecule has 0 radical (unpaired) electrons. The largest absolute Gasteiger partial charge is 0.401 e. The van der Waals surface area contributed by atoms with E-state index in [0.29, 0.717) is 11.3 Å². The highest BCUT2D eigenvalue weighted by molar-refractivity contribution is 6.00. The minimum Gasteiger partial charge on any atom is -0.387 e. The number of alkyl halides is 3. The molecule has 2 N–H and O–H groups in total. The number of aromatic nitrogens is 1. The molecule has 1 unspecified atom stereocenters. The molecule has 12 heteroatoms. The third kappa shape index (κ3) is 6.19. The first-order valence-corrected chi connectivity index (χ1v) is 11.8. The number of amides is 1. The summed E-state index contributed by atoms with van der Waals surface area (Å²) in [4.78, 5) is 21.9. The Hall–Kier alpha value is -3.25. The zero-order chi connectivity index (χ0) is 26.9. The summed E-state index contributed by atoms with van der Waals surface area (Å²) in [6.07, 6.45) is -2.47. The van der Waals surface area contributed by atoms with E-state index in [1.807, 2.05) is 0 Å². The zero-order valence-corrected chi connectivity index (χ0v) is 20.2. The molecule has 0 spiro atoms. The second kappa shape index (κ2) is 10.6. The molecule has 2 aromatic rings. The van der Waals surface area contributed by atoms with Crippen molar-refractivity contribution in [3.05, 3.63) is 54.2 Å². The van der Waals surface area contributed by atoms with Crippen molar-refractivity contribution in [1.82, 2.24) is 9.88 Å². The fraction of sp³-hybridized carbons (Fsp3) is 0.440. The van der Waals surface area contributed by atoms with Crippen molar-refractivity contribution in [2.24, 2.45) is 5.92 Å². The molecule has 7 nitrogen and oxygen atoms in total. The molecule has 1 aromatic heterocycles. The molecule has 37 heavy (non-hydrogen) atoms. The van der Waals surface area contributed by atoms with E-state index in [0.717, 1.165) is 6.20 Å². The van der Waals surface area contributed by atoms with Crippen LogP contribution in [0.3, 0.4) is 0 Å². The average Bonchev–Trinajstić information content (AvgIpc) is 2.98. The summed E-state index contributed by atoms with van der Waals surface area (Å²) >= 11 is 0. The van der Waals surface area contributed by atoms with Gasteiger partial charge in [-0.2, -0.15) is 13.2 Å². The first kappa shape index (κ1) is 26.8. The number of hydrogen-bond acceptors (Lipinski definition) is 6. The Bertz CT molecular complexity index is 1170. The van der Waals surface area contributed by atoms with Crippen molar-refractivity contribution < 1.29 is 31.9 Å². The highest BCUT2D eigenvalue weighted by Crippen LogP contribution is 2.40. The molecular weight excluding hydrogens is 497 g/mol. The lowest BCUT2D eigenvalue weighted by Crippen LogP contribution is -2.45. The fourth-order valence-corrected chi connectivity index (χ4v) is 4.73. The van der Waals surface area contributed by atoms with Crippen molar-refractivity contribution in [1.29, 1.82) is 0 Å². The number of halogens is 5. The fourth-order valence-electron chi connectivity index (χ4n) is 4.73. The number of aliphatic hydroxyl groups is 1. The van der Waals surface area contributed by atoms with Crippen LogP contribution in [0.2, 0.25) is 0 Å². The monoisotopic (exact) mass is 525 g/mol. The van der Waals surface area contributed by atoms with E-state index in [4.69, 9.17) is 0 Å². The van der Waals surface area contributed by atoms with Gasteiger partial charge in [-0.15, -0.1) is 6.58 Å². The first-order chi connectivity index (χ1) is 17.4. The molecule has 2 aliphatic rings. The number of rotatable bonds is 6. The maximum absolute atomic E-state index is 15.1. The Kier molecular flexibility index (Phi) is 7.69. The number of aliphatic hydroxyl groups excluding tert-OH is 1. The van der Waals surface area contributed by atoms with Crippen LogP contribution in [-0.4, -0.2) is 66.4 Å². The Morgan fingerprint density at radius 3 is 2.65 bits per heavy atom. The first-order valence-electron chi connectivity index (χ1n) is 11.8. The predicted octanol–water partition coefficient (Wildman–Crippen LogP) is 4.21. The Balaban J connectivity index is 1.67. The number of nitrogens with one attached hydrogen (secondary N) is 1. The molecule has 1 amide bonds. The molecule has 1 fully saturated rings. The summed E-state index contributed by atoms with van der Waals surface area (Å²) in [5.74, 6) is -1.87. The SMILES string of the molecule is C=CC(O)CN(C)c1cc2c(cc1F)Nc1ncc(F)cc1CN2C(=O)C1CCN(CC(F)(F)F)CC1. The van der Waals surface area contributed by atoms with E-state index in [1.165, 1.54) is 39.0 Å². The van der Waals surface area contributed by atoms with Crippen molar-refractivity contribution >= 4 is 28.8 Å². The van der Waals surface area contributed by atoms with Gasteiger partial charge in [0.25, 0.3) is 0 Å². The number of hydrogen-bond donors (Lipinski definition) is 2. The van der Waals surface area contributed by atoms with Crippen molar-refractivity contribution in [2.45, 2.75) is 31.7 Å². The van der Waals surface area contributed by atoms with Gasteiger partial charge in [0.05, 0.1) is 42.5 Å². The summed E-state index contributed by atoms with van der Waals surface area (Å²) in [6.45, 7) is 2.69. The van der Waals surface area contributed by atoms with Crippen LogP contribution in [0.4, 0.5) is 44.8 Å².